The third-order valence-electron chi connectivity index (χ3n) is 3.15. The van der Waals surface area contributed by atoms with E-state index in [0.29, 0.717) is 6.54 Å². The van der Waals surface area contributed by atoms with Crippen molar-refractivity contribution < 1.29 is 8.42 Å². The highest BCUT2D eigenvalue weighted by Gasteiger charge is 2.45. The van der Waals surface area contributed by atoms with Gasteiger partial charge in [-0.2, -0.15) is 15.6 Å². The highest BCUT2D eigenvalue weighted by atomic mass is 32.2. The summed E-state index contributed by atoms with van der Waals surface area (Å²) in [6.07, 6.45) is 3.79. The van der Waals surface area contributed by atoms with E-state index in [0.717, 1.165) is 31.2 Å². The molecule has 0 N–H and O–H groups in total. The van der Waals surface area contributed by atoms with Crippen LogP contribution in [0.1, 0.15) is 31.2 Å². The number of nitrogens with zero attached hydrogens (tertiary/aromatic N) is 1. The number of sulfonamides is 1. The number of hydrogen-bond acceptors (Lipinski definition) is 3. The molecule has 5 heteroatoms. The van der Waals surface area contributed by atoms with Crippen LogP contribution in [-0.4, -0.2) is 24.0 Å². The molecule has 16 heavy (non-hydrogen) atoms. The minimum Gasteiger partial charge on any atom is -0.212 e. The molecule has 0 radical (unpaired) electrons. The van der Waals surface area contributed by atoms with Crippen molar-refractivity contribution in [2.45, 2.75) is 43.5 Å². The Hall–Kier alpha value is -0.390. The molecule has 3 nitrogen and oxygen atoms in total. The first kappa shape index (κ1) is 10.7. The van der Waals surface area contributed by atoms with Gasteiger partial charge in [0.1, 0.15) is 0 Å². The summed E-state index contributed by atoms with van der Waals surface area (Å²) in [4.78, 5) is 0. The number of rotatable bonds is 5. The highest BCUT2D eigenvalue weighted by Crippen LogP contribution is 2.38. The molecule has 0 amide bonds. The quantitative estimate of drug-likeness (QED) is 0.811. The van der Waals surface area contributed by atoms with E-state index in [1.807, 2.05) is 16.8 Å². The number of hydrogen-bond donors (Lipinski definition) is 0. The summed E-state index contributed by atoms with van der Waals surface area (Å²) in [5.74, 6) is 0. The lowest BCUT2D eigenvalue weighted by molar-refractivity contribution is 0.398. The average Bonchev–Trinajstić information content (AvgIpc) is 3.13. The minimum atomic E-state index is -3.00. The number of thiophene rings is 1. The van der Waals surface area contributed by atoms with Crippen LogP contribution in [0.5, 0.6) is 0 Å². The first-order valence-electron chi connectivity index (χ1n) is 5.69. The van der Waals surface area contributed by atoms with Crippen LogP contribution in [0.3, 0.4) is 0 Å². The fraction of sp³-hybridized carbons (Fsp3) is 0.636. The molecule has 2 fully saturated rings. The third-order valence-corrected chi connectivity index (χ3v) is 6.27. The van der Waals surface area contributed by atoms with E-state index in [2.05, 4.69) is 0 Å². The van der Waals surface area contributed by atoms with Crippen LogP contribution < -0.4 is 0 Å². The summed E-state index contributed by atoms with van der Waals surface area (Å²) in [6.45, 7) is 0.576. The van der Waals surface area contributed by atoms with Crippen LogP contribution >= 0.6 is 11.3 Å². The van der Waals surface area contributed by atoms with Crippen LogP contribution in [0.4, 0.5) is 0 Å². The Morgan fingerprint density at radius 2 is 2.06 bits per heavy atom. The second kappa shape index (κ2) is 3.82. The fourth-order valence-corrected chi connectivity index (χ4v) is 4.64. The highest BCUT2D eigenvalue weighted by molar-refractivity contribution is 7.90. The van der Waals surface area contributed by atoms with E-state index in [1.165, 1.54) is 0 Å². The smallest absolute Gasteiger partial charge is 0.212 e. The normalized spacial score (nSPS) is 21.6. The molecule has 88 valence electrons. The minimum absolute atomic E-state index is 0.0771. The van der Waals surface area contributed by atoms with Gasteiger partial charge in [-0.15, -0.1) is 0 Å². The van der Waals surface area contributed by atoms with Gasteiger partial charge in [-0.05, 0) is 48.1 Å². The van der Waals surface area contributed by atoms with Gasteiger partial charge in [-0.3, -0.25) is 0 Å². The van der Waals surface area contributed by atoms with E-state index in [1.54, 1.807) is 15.6 Å². The van der Waals surface area contributed by atoms with E-state index in [4.69, 9.17) is 0 Å². The van der Waals surface area contributed by atoms with Gasteiger partial charge in [0.05, 0.1) is 5.25 Å². The first-order valence-corrected chi connectivity index (χ1v) is 8.14. The Morgan fingerprint density at radius 1 is 1.31 bits per heavy atom. The monoisotopic (exact) mass is 257 g/mol. The van der Waals surface area contributed by atoms with Crippen molar-refractivity contribution in [3.8, 4) is 0 Å². The largest absolute Gasteiger partial charge is 0.217 e. The predicted molar refractivity (Wildman–Crippen MR) is 64.8 cm³/mol. The Balaban J connectivity index is 1.81. The standard InChI is InChI=1S/C11H15NO2S2/c13-16(14,11-3-4-11)12(10-1-2-10)7-9-5-6-15-8-9/h5-6,8,10-11H,1-4,7H2. The predicted octanol–water partition coefficient (Wildman–Crippen LogP) is 2.20. The Morgan fingerprint density at radius 3 is 2.56 bits per heavy atom. The van der Waals surface area contributed by atoms with Crippen molar-refractivity contribution in [2.24, 2.45) is 0 Å². The SMILES string of the molecule is O=S(=O)(C1CC1)N(Cc1ccsc1)C1CC1. The van der Waals surface area contributed by atoms with Gasteiger partial charge in [0.15, 0.2) is 0 Å². The average molecular weight is 257 g/mol. The van der Waals surface area contributed by atoms with Crippen molar-refractivity contribution in [1.29, 1.82) is 0 Å². The van der Waals surface area contributed by atoms with Crippen LogP contribution in [0, 0.1) is 0 Å². The second-order valence-corrected chi connectivity index (χ2v) is 7.60. The molecule has 2 aliphatic rings. The molecule has 2 aliphatic carbocycles. The molecule has 1 aromatic heterocycles. The lowest BCUT2D eigenvalue weighted by atomic mass is 10.3. The molecule has 0 spiro atoms. The van der Waals surface area contributed by atoms with Gasteiger partial charge in [-0.1, -0.05) is 0 Å². The topological polar surface area (TPSA) is 37.4 Å². The third kappa shape index (κ3) is 2.04. The summed E-state index contributed by atoms with van der Waals surface area (Å²) >= 11 is 1.63. The molecular formula is C11H15NO2S2. The maximum Gasteiger partial charge on any atom is 0.217 e. The molecule has 2 saturated carbocycles. The Kier molecular flexibility index (Phi) is 2.57. The summed E-state index contributed by atoms with van der Waals surface area (Å²) in [5.41, 5.74) is 1.13. The maximum atomic E-state index is 12.2. The lowest BCUT2D eigenvalue weighted by Crippen LogP contribution is -2.35. The Labute approximate surface area is 100 Å². The zero-order chi connectivity index (χ0) is 11.2. The molecule has 3 rings (SSSR count). The van der Waals surface area contributed by atoms with Gasteiger partial charge in [0.2, 0.25) is 10.0 Å². The van der Waals surface area contributed by atoms with Gasteiger partial charge in [0.25, 0.3) is 0 Å². The summed E-state index contributed by atoms with van der Waals surface area (Å²) in [6, 6.07) is 2.30. The van der Waals surface area contributed by atoms with Gasteiger partial charge in [0, 0.05) is 12.6 Å². The Bertz CT molecular complexity index is 458. The zero-order valence-corrected chi connectivity index (χ0v) is 10.6. The van der Waals surface area contributed by atoms with E-state index in [-0.39, 0.29) is 11.3 Å². The summed E-state index contributed by atoms with van der Waals surface area (Å²) in [5, 5.41) is 3.97. The molecule has 0 unspecified atom stereocenters. The molecule has 0 bridgehead atoms. The van der Waals surface area contributed by atoms with Crippen LogP contribution in [0.25, 0.3) is 0 Å². The van der Waals surface area contributed by atoms with Crippen molar-refractivity contribution in [1.82, 2.24) is 4.31 Å². The van der Waals surface area contributed by atoms with Crippen molar-refractivity contribution in [2.75, 3.05) is 0 Å². The summed E-state index contributed by atoms with van der Waals surface area (Å²) in [7, 11) is -3.00. The molecule has 0 atom stereocenters. The lowest BCUT2D eigenvalue weighted by Gasteiger charge is -2.21. The van der Waals surface area contributed by atoms with E-state index >= 15 is 0 Å². The molecular weight excluding hydrogens is 242 g/mol. The van der Waals surface area contributed by atoms with Crippen molar-refractivity contribution in [3.63, 3.8) is 0 Å². The van der Waals surface area contributed by atoms with Crippen LogP contribution in [0.2, 0.25) is 0 Å². The molecule has 1 heterocycles. The van der Waals surface area contributed by atoms with Gasteiger partial charge in [-0.25, -0.2) is 8.42 Å². The van der Waals surface area contributed by atoms with E-state index in [9.17, 15) is 8.42 Å². The zero-order valence-electron chi connectivity index (χ0n) is 9.00. The first-order chi connectivity index (χ1) is 7.68. The summed E-state index contributed by atoms with van der Waals surface area (Å²) < 4.78 is 26.2. The van der Waals surface area contributed by atoms with Crippen molar-refractivity contribution in [3.05, 3.63) is 22.4 Å². The molecule has 1 aromatic rings. The fourth-order valence-electron chi connectivity index (χ4n) is 1.91. The van der Waals surface area contributed by atoms with Crippen LogP contribution in [-0.2, 0) is 16.6 Å². The second-order valence-electron chi connectivity index (χ2n) is 4.65. The van der Waals surface area contributed by atoms with Gasteiger partial charge >= 0.3 is 0 Å². The molecule has 0 saturated heterocycles. The van der Waals surface area contributed by atoms with Crippen LogP contribution in [0.15, 0.2) is 16.8 Å². The van der Waals surface area contributed by atoms with E-state index < -0.39 is 10.0 Å². The molecule has 0 aromatic carbocycles. The molecule has 0 aliphatic heterocycles. The maximum absolute atomic E-state index is 12.2. The van der Waals surface area contributed by atoms with Gasteiger partial charge < -0.3 is 0 Å². The van der Waals surface area contributed by atoms with Crippen molar-refractivity contribution >= 4 is 21.4 Å².